The van der Waals surface area contributed by atoms with E-state index >= 15 is 0 Å². The molecular formula is C20H29FN5O7P. The molecule has 2 aliphatic rings. The molecule has 0 spiro atoms. The number of halogens is 1. The van der Waals surface area contributed by atoms with Crippen LogP contribution in [-0.2, 0) is 23.4 Å². The van der Waals surface area contributed by atoms with Crippen LogP contribution in [0.1, 0.15) is 38.5 Å². The number of nitrogens with one attached hydrogen (secondary N) is 1. The van der Waals surface area contributed by atoms with E-state index in [-0.39, 0.29) is 17.8 Å². The number of carbonyl (C=O) groups excluding carboxylic acids is 1. The molecule has 34 heavy (non-hydrogen) atoms. The molecular weight excluding hydrogens is 472 g/mol. The number of aliphatic hydroxyl groups is 2. The Balaban J connectivity index is 1.38. The van der Waals surface area contributed by atoms with Gasteiger partial charge in [0.2, 0.25) is 0 Å². The minimum atomic E-state index is -3.04. The summed E-state index contributed by atoms with van der Waals surface area (Å²) in [4.78, 5) is 16.0. The maximum absolute atomic E-state index is 14.1. The van der Waals surface area contributed by atoms with E-state index in [0.717, 1.165) is 12.8 Å². The minimum absolute atomic E-state index is 0.0149. The van der Waals surface area contributed by atoms with Crippen molar-refractivity contribution in [1.29, 1.82) is 0 Å². The van der Waals surface area contributed by atoms with Crippen LogP contribution in [0.15, 0.2) is 18.5 Å². The Hall–Kier alpha value is -2.15. The third-order valence-electron chi connectivity index (χ3n) is 6.37. The predicted octanol–water partition coefficient (Wildman–Crippen LogP) is 0.541. The molecule has 12 nitrogen and oxygen atoms in total. The zero-order valence-electron chi connectivity index (χ0n) is 18.8. The number of alkyl halides is 1. The number of nitrogens with two attached hydrogens (primary N) is 1. The van der Waals surface area contributed by atoms with Crippen LogP contribution in [0.2, 0.25) is 0 Å². The summed E-state index contributed by atoms with van der Waals surface area (Å²) in [6.07, 6.45) is -1.20. The van der Waals surface area contributed by atoms with Gasteiger partial charge in [-0.05, 0) is 31.9 Å². The van der Waals surface area contributed by atoms with Gasteiger partial charge in [-0.15, -0.1) is 0 Å². The molecule has 4 rings (SSSR count). The molecule has 2 fully saturated rings. The lowest BCUT2D eigenvalue weighted by Crippen LogP contribution is -2.48. The summed E-state index contributed by atoms with van der Waals surface area (Å²) < 4.78 is 44.1. The van der Waals surface area contributed by atoms with Gasteiger partial charge in [0.1, 0.15) is 48.5 Å². The van der Waals surface area contributed by atoms with Gasteiger partial charge >= 0.3 is 5.97 Å². The summed E-state index contributed by atoms with van der Waals surface area (Å²) in [5, 5.41) is 27.8. The van der Waals surface area contributed by atoms with E-state index < -0.39 is 57.4 Å². The summed E-state index contributed by atoms with van der Waals surface area (Å²) >= 11 is 0. The van der Waals surface area contributed by atoms with Crippen LogP contribution in [0.25, 0.3) is 5.52 Å². The first-order valence-corrected chi connectivity index (χ1v) is 12.2. The zero-order valence-corrected chi connectivity index (χ0v) is 19.8. The molecule has 188 valence electrons. The molecule has 6 atom stereocenters. The van der Waals surface area contributed by atoms with E-state index in [2.05, 4.69) is 15.2 Å². The molecule has 2 aromatic heterocycles. The van der Waals surface area contributed by atoms with Gasteiger partial charge in [-0.25, -0.2) is 19.0 Å². The van der Waals surface area contributed by atoms with Crippen LogP contribution < -0.4 is 10.8 Å². The van der Waals surface area contributed by atoms with E-state index in [1.807, 2.05) is 6.92 Å². The van der Waals surface area contributed by atoms with Crippen molar-refractivity contribution in [2.75, 3.05) is 25.6 Å². The van der Waals surface area contributed by atoms with E-state index in [1.54, 1.807) is 12.1 Å². The molecule has 1 aliphatic heterocycles. The molecule has 1 aliphatic carbocycles. The number of nitrogens with zero attached hydrogens (tertiary/aromatic N) is 3. The number of hydrogen-bond acceptors (Lipinski definition) is 10. The number of aliphatic hydroxyl groups excluding tert-OH is 2. The van der Waals surface area contributed by atoms with Crippen molar-refractivity contribution in [3.63, 3.8) is 0 Å². The largest absolute Gasteiger partial charge is 0.464 e. The molecule has 0 aromatic carbocycles. The summed E-state index contributed by atoms with van der Waals surface area (Å²) in [5.74, 6) is -0.387. The molecule has 2 aromatic rings. The lowest BCUT2D eigenvalue weighted by molar-refractivity contribution is -0.147. The Bertz CT molecular complexity index is 1080. The van der Waals surface area contributed by atoms with Gasteiger partial charge in [0, 0.05) is 5.41 Å². The second-order valence-electron chi connectivity index (χ2n) is 9.23. The minimum Gasteiger partial charge on any atom is -0.464 e. The third kappa shape index (κ3) is 4.81. The third-order valence-corrected chi connectivity index (χ3v) is 7.44. The number of anilines is 1. The average Bonchev–Trinajstić information content (AvgIpc) is 3.30. The van der Waals surface area contributed by atoms with Gasteiger partial charge in [-0.3, -0.25) is 9.36 Å². The number of fused-ring (bicyclic) bond motifs is 1. The highest BCUT2D eigenvalue weighted by molar-refractivity contribution is 7.36. The number of ether oxygens (including phenoxy) is 2. The lowest BCUT2D eigenvalue weighted by atomic mass is 9.96. The van der Waals surface area contributed by atoms with Crippen molar-refractivity contribution in [3.8, 4) is 0 Å². The summed E-state index contributed by atoms with van der Waals surface area (Å²) in [6.45, 7) is 1.90. The monoisotopic (exact) mass is 501 g/mol. The van der Waals surface area contributed by atoms with E-state index in [4.69, 9.17) is 19.7 Å². The van der Waals surface area contributed by atoms with Crippen molar-refractivity contribution in [2.45, 2.75) is 56.6 Å². The molecule has 0 amide bonds. The SMILES string of the molecule is C[C@H](N[PH](=O)OC[C@@]1(CF)O[C@@H](c2ccc3c(N)ncnn23)[C@H](O)[C@@H]1O)C(=O)OCC1(C)CC1. The maximum Gasteiger partial charge on any atom is 0.323 e. The molecule has 1 unspecified atom stereocenters. The summed E-state index contributed by atoms with van der Waals surface area (Å²) in [5.41, 5.74) is 4.61. The second kappa shape index (κ2) is 9.48. The lowest BCUT2D eigenvalue weighted by Gasteiger charge is -2.28. The fraction of sp³-hybridized carbons (Fsp3) is 0.650. The Morgan fingerprint density at radius 3 is 2.85 bits per heavy atom. The maximum atomic E-state index is 14.1. The quantitative estimate of drug-likeness (QED) is 0.265. The fourth-order valence-corrected chi connectivity index (χ4v) is 4.68. The van der Waals surface area contributed by atoms with Gasteiger partial charge in [0.15, 0.2) is 5.82 Å². The topological polar surface area (TPSA) is 171 Å². The van der Waals surface area contributed by atoms with Crippen LogP contribution in [0, 0.1) is 5.41 Å². The Labute approximate surface area is 195 Å². The number of aromatic nitrogens is 3. The van der Waals surface area contributed by atoms with Crippen molar-refractivity contribution in [3.05, 3.63) is 24.2 Å². The highest BCUT2D eigenvalue weighted by Crippen LogP contribution is 2.45. The van der Waals surface area contributed by atoms with Crippen LogP contribution in [0.3, 0.4) is 0 Å². The van der Waals surface area contributed by atoms with E-state index in [0.29, 0.717) is 11.2 Å². The van der Waals surface area contributed by atoms with Gasteiger partial charge < -0.3 is 29.9 Å². The van der Waals surface area contributed by atoms with Crippen LogP contribution in [-0.4, -0.2) is 74.5 Å². The number of esters is 1. The van der Waals surface area contributed by atoms with Crippen molar-refractivity contribution < 1.29 is 38.0 Å². The number of nitrogen functional groups attached to an aromatic ring is 1. The number of hydrogen-bond donors (Lipinski definition) is 4. The van der Waals surface area contributed by atoms with Crippen LogP contribution >= 0.6 is 8.18 Å². The van der Waals surface area contributed by atoms with Gasteiger partial charge in [0.25, 0.3) is 8.18 Å². The summed E-state index contributed by atoms with van der Waals surface area (Å²) in [6, 6.07) is 2.25. The molecule has 14 heteroatoms. The van der Waals surface area contributed by atoms with Gasteiger partial charge in [0.05, 0.1) is 18.9 Å². The molecule has 1 saturated heterocycles. The smallest absolute Gasteiger partial charge is 0.323 e. The fourth-order valence-electron chi connectivity index (χ4n) is 3.75. The van der Waals surface area contributed by atoms with Crippen LogP contribution in [0.5, 0.6) is 0 Å². The molecule has 5 N–H and O–H groups in total. The second-order valence-corrected chi connectivity index (χ2v) is 10.4. The normalized spacial score (nSPS) is 29.7. The predicted molar refractivity (Wildman–Crippen MR) is 118 cm³/mol. The number of rotatable bonds is 10. The van der Waals surface area contributed by atoms with Crippen molar-refractivity contribution in [2.24, 2.45) is 5.41 Å². The molecule has 1 saturated carbocycles. The average molecular weight is 501 g/mol. The number of carbonyl (C=O) groups is 1. The summed E-state index contributed by atoms with van der Waals surface area (Å²) in [7, 11) is -3.04. The van der Waals surface area contributed by atoms with Crippen molar-refractivity contribution in [1.82, 2.24) is 19.7 Å². The van der Waals surface area contributed by atoms with Gasteiger partial charge in [-0.2, -0.15) is 5.10 Å². The highest BCUT2D eigenvalue weighted by atomic mass is 31.1. The molecule has 0 bridgehead atoms. The standard InChI is InChI=1S/C20H29FN5O7P/c1-11(18(29)31-8-19(2)5-6-19)25-34(30)32-9-20(7-21)16(28)14(27)15(33-20)12-3-4-13-17(22)23-10-24-26(12)13/h3-4,10-11,14-16,27-28,34H,5-9H2,1-2H3,(H,25,30)(H2,22,23,24)/t11-,14-,15-,16-,20+/m0/s1. The van der Waals surface area contributed by atoms with Crippen LogP contribution in [0.4, 0.5) is 10.2 Å². The molecule has 0 radical (unpaired) electrons. The Morgan fingerprint density at radius 1 is 1.44 bits per heavy atom. The first-order valence-electron chi connectivity index (χ1n) is 10.9. The Kier molecular flexibility index (Phi) is 6.96. The first-order chi connectivity index (χ1) is 16.1. The Morgan fingerprint density at radius 2 is 2.18 bits per heavy atom. The molecule has 3 heterocycles. The van der Waals surface area contributed by atoms with Gasteiger partial charge in [-0.1, -0.05) is 6.92 Å². The zero-order chi connectivity index (χ0) is 24.7. The van der Waals surface area contributed by atoms with E-state index in [9.17, 15) is 24.0 Å². The first kappa shape index (κ1) is 25.0. The highest BCUT2D eigenvalue weighted by Gasteiger charge is 2.56. The van der Waals surface area contributed by atoms with Crippen molar-refractivity contribution >= 4 is 25.5 Å². The van der Waals surface area contributed by atoms with E-state index in [1.165, 1.54) is 17.8 Å².